The Balaban J connectivity index is 1.86. The summed E-state index contributed by atoms with van der Waals surface area (Å²) in [7, 11) is 1.44. The average molecular weight is 308 g/mol. The second-order valence-electron chi connectivity index (χ2n) is 6.22. The van der Waals surface area contributed by atoms with Crippen LogP contribution in [0, 0.1) is 0 Å². The van der Waals surface area contributed by atoms with E-state index in [1.807, 2.05) is 4.90 Å². The van der Waals surface area contributed by atoms with Crippen LogP contribution in [-0.2, 0) is 4.79 Å². The molecular weight excluding hydrogens is 285 g/mol. The van der Waals surface area contributed by atoms with E-state index in [1.54, 1.807) is 0 Å². The van der Waals surface area contributed by atoms with Gasteiger partial charge < -0.3 is 10.0 Å². The van der Waals surface area contributed by atoms with Crippen molar-refractivity contribution in [2.75, 3.05) is 20.1 Å². The molecule has 0 radical (unpaired) electrons. The van der Waals surface area contributed by atoms with Gasteiger partial charge in [-0.3, -0.25) is 9.69 Å². The standard InChI is InChI=1S/C14H23F3N2O2/c1-18(8-12(20)14(15,16)17)9-13(21)19(11-6-7-11)10-4-2-3-5-10/h10-12,20H,2-9H2,1H3. The minimum atomic E-state index is -4.64. The normalized spacial score (nSPS) is 21.8. The summed E-state index contributed by atoms with van der Waals surface area (Å²) in [6.45, 7) is -0.640. The highest BCUT2D eigenvalue weighted by Crippen LogP contribution is 2.34. The van der Waals surface area contributed by atoms with Crippen molar-refractivity contribution >= 4 is 5.91 Å². The van der Waals surface area contributed by atoms with Gasteiger partial charge >= 0.3 is 6.18 Å². The zero-order valence-electron chi connectivity index (χ0n) is 12.3. The van der Waals surface area contributed by atoms with Crippen molar-refractivity contribution in [2.45, 2.75) is 62.9 Å². The van der Waals surface area contributed by atoms with Crippen LogP contribution in [0.25, 0.3) is 0 Å². The van der Waals surface area contributed by atoms with Crippen LogP contribution in [0.4, 0.5) is 13.2 Å². The van der Waals surface area contributed by atoms with Crippen molar-refractivity contribution in [3.8, 4) is 0 Å². The molecule has 1 unspecified atom stereocenters. The molecule has 0 heterocycles. The molecule has 7 heteroatoms. The van der Waals surface area contributed by atoms with Gasteiger partial charge in [-0.25, -0.2) is 0 Å². The quantitative estimate of drug-likeness (QED) is 0.813. The van der Waals surface area contributed by atoms with E-state index in [-0.39, 0.29) is 24.5 Å². The Morgan fingerprint density at radius 1 is 1.19 bits per heavy atom. The van der Waals surface area contributed by atoms with Crippen LogP contribution >= 0.6 is 0 Å². The van der Waals surface area contributed by atoms with Crippen LogP contribution in [0.2, 0.25) is 0 Å². The molecule has 0 aromatic rings. The predicted molar refractivity (Wildman–Crippen MR) is 71.7 cm³/mol. The molecule has 0 spiro atoms. The molecule has 21 heavy (non-hydrogen) atoms. The van der Waals surface area contributed by atoms with Gasteiger partial charge in [0.25, 0.3) is 0 Å². The molecule has 122 valence electrons. The molecule has 0 aromatic heterocycles. The number of carbonyl (C=O) groups is 1. The highest BCUT2D eigenvalue weighted by molar-refractivity contribution is 5.79. The molecule has 2 rings (SSSR count). The summed E-state index contributed by atoms with van der Waals surface area (Å²) < 4.78 is 37.0. The van der Waals surface area contributed by atoms with Crippen LogP contribution in [-0.4, -0.2) is 65.3 Å². The Morgan fingerprint density at radius 2 is 1.71 bits per heavy atom. The second-order valence-corrected chi connectivity index (χ2v) is 6.22. The van der Waals surface area contributed by atoms with Crippen molar-refractivity contribution in [3.05, 3.63) is 0 Å². The summed E-state index contributed by atoms with van der Waals surface area (Å²) >= 11 is 0. The maximum atomic E-state index is 12.4. The summed E-state index contributed by atoms with van der Waals surface area (Å²) in [4.78, 5) is 15.5. The van der Waals surface area contributed by atoms with E-state index < -0.39 is 18.8 Å². The molecule has 1 N–H and O–H groups in total. The first-order valence-corrected chi connectivity index (χ1v) is 7.53. The third-order valence-corrected chi connectivity index (χ3v) is 4.21. The van der Waals surface area contributed by atoms with E-state index in [0.717, 1.165) is 38.5 Å². The van der Waals surface area contributed by atoms with Crippen LogP contribution in [0.3, 0.4) is 0 Å². The van der Waals surface area contributed by atoms with E-state index in [2.05, 4.69) is 0 Å². The van der Waals surface area contributed by atoms with Gasteiger partial charge in [-0.2, -0.15) is 13.2 Å². The fraction of sp³-hybridized carbons (Fsp3) is 0.929. The first-order chi connectivity index (χ1) is 9.79. The summed E-state index contributed by atoms with van der Waals surface area (Å²) in [5, 5.41) is 9.05. The highest BCUT2D eigenvalue weighted by atomic mass is 19.4. The topological polar surface area (TPSA) is 43.8 Å². The van der Waals surface area contributed by atoms with Gasteiger partial charge in [-0.1, -0.05) is 12.8 Å². The van der Waals surface area contributed by atoms with Crippen LogP contribution in [0.15, 0.2) is 0 Å². The monoisotopic (exact) mass is 308 g/mol. The number of rotatable bonds is 6. The van der Waals surface area contributed by atoms with Gasteiger partial charge in [-0.05, 0) is 32.7 Å². The molecule has 2 aliphatic carbocycles. The van der Waals surface area contributed by atoms with E-state index in [9.17, 15) is 18.0 Å². The lowest BCUT2D eigenvalue weighted by Gasteiger charge is -2.31. The lowest BCUT2D eigenvalue weighted by atomic mass is 10.2. The second kappa shape index (κ2) is 6.52. The number of carbonyl (C=O) groups excluding carboxylic acids is 1. The van der Waals surface area contributed by atoms with Crippen molar-refractivity contribution < 1.29 is 23.1 Å². The van der Waals surface area contributed by atoms with Crippen molar-refractivity contribution in [2.24, 2.45) is 0 Å². The molecule has 0 aliphatic heterocycles. The zero-order chi connectivity index (χ0) is 15.6. The molecule has 0 saturated heterocycles. The first-order valence-electron chi connectivity index (χ1n) is 7.53. The Kier molecular flexibility index (Phi) is 5.14. The van der Waals surface area contributed by atoms with Gasteiger partial charge in [0, 0.05) is 18.6 Å². The van der Waals surface area contributed by atoms with Gasteiger partial charge in [-0.15, -0.1) is 0 Å². The molecule has 2 aliphatic rings. The van der Waals surface area contributed by atoms with E-state index in [0.29, 0.717) is 0 Å². The maximum Gasteiger partial charge on any atom is 0.415 e. The largest absolute Gasteiger partial charge is 0.415 e. The third kappa shape index (κ3) is 4.57. The fourth-order valence-electron chi connectivity index (χ4n) is 3.02. The Morgan fingerprint density at radius 3 is 2.19 bits per heavy atom. The molecule has 4 nitrogen and oxygen atoms in total. The Bertz CT molecular complexity index is 366. The summed E-state index contributed by atoms with van der Waals surface area (Å²) in [6.07, 6.45) is -0.828. The number of aliphatic hydroxyl groups excluding tert-OH is 1. The molecule has 1 amide bonds. The van der Waals surface area contributed by atoms with Crippen LogP contribution in [0.5, 0.6) is 0 Å². The smallest absolute Gasteiger partial charge is 0.382 e. The molecule has 1 atom stereocenters. The minimum Gasteiger partial charge on any atom is -0.382 e. The molecular formula is C14H23F3N2O2. The van der Waals surface area contributed by atoms with Gasteiger partial charge in [0.2, 0.25) is 5.91 Å². The number of halogens is 3. The molecule has 2 fully saturated rings. The minimum absolute atomic E-state index is 0.0693. The van der Waals surface area contributed by atoms with Crippen molar-refractivity contribution in [3.63, 3.8) is 0 Å². The molecule has 0 bridgehead atoms. The number of hydrogen-bond donors (Lipinski definition) is 1. The summed E-state index contributed by atoms with van der Waals surface area (Å²) in [5.74, 6) is -0.110. The number of nitrogens with zero attached hydrogens (tertiary/aromatic N) is 2. The Hall–Kier alpha value is -0.820. The average Bonchev–Trinajstić information content (AvgIpc) is 3.02. The number of likely N-dealkylation sites (N-methyl/N-ethyl adjacent to an activating group) is 1. The lowest BCUT2D eigenvalue weighted by Crippen LogP contribution is -2.47. The number of amides is 1. The van der Waals surface area contributed by atoms with Crippen LogP contribution in [0.1, 0.15) is 38.5 Å². The lowest BCUT2D eigenvalue weighted by molar-refractivity contribution is -0.207. The van der Waals surface area contributed by atoms with E-state index >= 15 is 0 Å². The van der Waals surface area contributed by atoms with Crippen molar-refractivity contribution in [1.29, 1.82) is 0 Å². The molecule has 2 saturated carbocycles. The highest BCUT2D eigenvalue weighted by Gasteiger charge is 2.41. The predicted octanol–water partition coefficient (Wildman–Crippen LogP) is 1.77. The number of hydrogen-bond acceptors (Lipinski definition) is 3. The van der Waals surface area contributed by atoms with Crippen LogP contribution < -0.4 is 0 Å². The van der Waals surface area contributed by atoms with E-state index in [1.165, 1.54) is 11.9 Å². The fourth-order valence-corrected chi connectivity index (χ4v) is 3.02. The maximum absolute atomic E-state index is 12.4. The SMILES string of the molecule is CN(CC(=O)N(C1CCCC1)C1CC1)CC(O)C(F)(F)F. The van der Waals surface area contributed by atoms with Crippen molar-refractivity contribution in [1.82, 2.24) is 9.80 Å². The Labute approximate surface area is 122 Å². The summed E-state index contributed by atoms with van der Waals surface area (Å²) in [6, 6.07) is 0.535. The van der Waals surface area contributed by atoms with E-state index in [4.69, 9.17) is 5.11 Å². The van der Waals surface area contributed by atoms with Gasteiger partial charge in [0.05, 0.1) is 6.54 Å². The van der Waals surface area contributed by atoms with Gasteiger partial charge in [0.1, 0.15) is 0 Å². The van der Waals surface area contributed by atoms with Gasteiger partial charge in [0.15, 0.2) is 6.10 Å². The number of alkyl halides is 3. The third-order valence-electron chi connectivity index (χ3n) is 4.21. The zero-order valence-corrected chi connectivity index (χ0v) is 12.3. The number of aliphatic hydroxyl groups is 1. The summed E-state index contributed by atoms with van der Waals surface area (Å²) in [5.41, 5.74) is 0. The molecule has 0 aromatic carbocycles. The first kappa shape index (κ1) is 16.5.